The molecule has 0 spiro atoms. The van der Waals surface area contributed by atoms with Gasteiger partial charge in [-0.25, -0.2) is 4.98 Å². The van der Waals surface area contributed by atoms with Crippen molar-refractivity contribution in [3.8, 4) is 5.75 Å². The number of nitrogens with zero attached hydrogens (tertiary/aromatic N) is 6. The van der Waals surface area contributed by atoms with Gasteiger partial charge >= 0.3 is 0 Å². The maximum Gasteiger partial charge on any atom is 0.242 e. The third kappa shape index (κ3) is 6.38. The molecule has 178 valence electrons. The fraction of sp³-hybridized carbons (Fsp3) is 0.375. The van der Waals surface area contributed by atoms with Crippen LogP contribution in [0.25, 0.3) is 0 Å². The smallest absolute Gasteiger partial charge is 0.242 e. The van der Waals surface area contributed by atoms with Crippen molar-refractivity contribution >= 4 is 11.8 Å². The van der Waals surface area contributed by atoms with Crippen LogP contribution in [-0.2, 0) is 34.0 Å². The zero-order chi connectivity index (χ0) is 23.8. The van der Waals surface area contributed by atoms with E-state index in [-0.39, 0.29) is 30.9 Å². The predicted octanol–water partition coefficient (Wildman–Crippen LogP) is 1.53. The molecule has 0 bridgehead atoms. The van der Waals surface area contributed by atoms with Crippen LogP contribution < -0.4 is 4.74 Å². The number of rotatable bonds is 9. The van der Waals surface area contributed by atoms with Gasteiger partial charge in [-0.3, -0.25) is 19.3 Å². The Balaban J connectivity index is 1.45. The number of benzene rings is 1. The minimum atomic E-state index is -0.333. The summed E-state index contributed by atoms with van der Waals surface area (Å²) in [5.74, 6) is 0.523. The number of aromatic nitrogens is 4. The van der Waals surface area contributed by atoms with Crippen molar-refractivity contribution < 1.29 is 19.1 Å². The minimum absolute atomic E-state index is 0.0130. The molecule has 4 rings (SSSR count). The van der Waals surface area contributed by atoms with Gasteiger partial charge in [0.05, 0.1) is 32.9 Å². The molecule has 0 unspecified atom stereocenters. The zero-order valence-electron chi connectivity index (χ0n) is 19.1. The molecular formula is C24H28N6O4. The Morgan fingerprint density at radius 3 is 2.68 bits per heavy atom. The number of carbonyl (C=O) groups excluding carboxylic acids is 2. The van der Waals surface area contributed by atoms with E-state index in [0.29, 0.717) is 32.8 Å². The van der Waals surface area contributed by atoms with E-state index in [9.17, 15) is 9.59 Å². The van der Waals surface area contributed by atoms with Crippen molar-refractivity contribution in [1.82, 2.24) is 29.5 Å². The molecule has 0 aliphatic carbocycles. The molecule has 2 aromatic heterocycles. The number of pyridine rings is 1. The Hall–Kier alpha value is -3.79. The first-order valence-corrected chi connectivity index (χ1v) is 11.1. The number of ether oxygens (including phenoxy) is 2. The van der Waals surface area contributed by atoms with E-state index < -0.39 is 0 Å². The molecule has 1 atom stereocenters. The van der Waals surface area contributed by atoms with Gasteiger partial charge in [0.25, 0.3) is 0 Å². The summed E-state index contributed by atoms with van der Waals surface area (Å²) < 4.78 is 13.0. The van der Waals surface area contributed by atoms with E-state index in [1.807, 2.05) is 36.4 Å². The van der Waals surface area contributed by atoms with Crippen LogP contribution in [-0.4, -0.2) is 74.2 Å². The van der Waals surface area contributed by atoms with Crippen molar-refractivity contribution in [3.05, 3.63) is 72.6 Å². The number of methoxy groups -OCH3 is 1. The maximum absolute atomic E-state index is 13.1. The summed E-state index contributed by atoms with van der Waals surface area (Å²) in [6, 6.07) is 11.4. The van der Waals surface area contributed by atoms with Gasteiger partial charge in [-0.2, -0.15) is 5.10 Å². The number of aryl methyl sites for hydroxylation is 1. The zero-order valence-corrected chi connectivity index (χ0v) is 19.1. The van der Waals surface area contributed by atoms with Gasteiger partial charge in [-0.15, -0.1) is 0 Å². The van der Waals surface area contributed by atoms with Crippen molar-refractivity contribution in [2.75, 3.05) is 26.7 Å². The lowest BCUT2D eigenvalue weighted by Crippen LogP contribution is -2.40. The van der Waals surface area contributed by atoms with Crippen LogP contribution >= 0.6 is 0 Å². The monoisotopic (exact) mass is 464 g/mol. The highest BCUT2D eigenvalue weighted by Crippen LogP contribution is 2.17. The highest BCUT2D eigenvalue weighted by Gasteiger charge is 2.31. The van der Waals surface area contributed by atoms with Gasteiger partial charge in [-0.1, -0.05) is 18.2 Å². The van der Waals surface area contributed by atoms with Crippen molar-refractivity contribution in [2.45, 2.75) is 32.2 Å². The third-order valence-electron chi connectivity index (χ3n) is 5.64. The molecule has 0 N–H and O–H groups in total. The van der Waals surface area contributed by atoms with Gasteiger partial charge in [-0.05, 0) is 29.3 Å². The van der Waals surface area contributed by atoms with Crippen LogP contribution in [0.1, 0.15) is 17.5 Å². The number of hydrogen-bond acceptors (Lipinski definition) is 7. The number of hydrogen-bond donors (Lipinski definition) is 0. The fourth-order valence-electron chi connectivity index (χ4n) is 3.79. The van der Waals surface area contributed by atoms with Gasteiger partial charge in [0.1, 0.15) is 18.4 Å². The van der Waals surface area contributed by atoms with E-state index in [4.69, 9.17) is 9.47 Å². The summed E-state index contributed by atoms with van der Waals surface area (Å²) in [4.78, 5) is 37.4. The summed E-state index contributed by atoms with van der Waals surface area (Å²) in [5, 5.41) is 4.04. The lowest BCUT2D eigenvalue weighted by atomic mass is 10.2. The van der Waals surface area contributed by atoms with Crippen molar-refractivity contribution in [1.29, 1.82) is 0 Å². The molecule has 1 aliphatic heterocycles. The average Bonchev–Trinajstić information content (AvgIpc) is 3.34. The first kappa shape index (κ1) is 23.4. The highest BCUT2D eigenvalue weighted by atomic mass is 16.5. The maximum atomic E-state index is 13.1. The van der Waals surface area contributed by atoms with Gasteiger partial charge in [0.15, 0.2) is 0 Å². The predicted molar refractivity (Wildman–Crippen MR) is 122 cm³/mol. The molecule has 10 nitrogen and oxygen atoms in total. The Bertz CT molecular complexity index is 1060. The lowest BCUT2D eigenvalue weighted by Gasteiger charge is -2.25. The standard InChI is InChI=1S/C24H28N6O4/c1-33-21-6-4-19(5-7-21)12-28-13-22(34-16-20-3-2-9-25-11-20)14-29(15-24(28)32)23(31)8-10-30-18-26-17-27-30/h2-7,9,11,17-18,22H,8,10,12-16H2,1H3/t22-/m0/s1. The first-order valence-electron chi connectivity index (χ1n) is 11.1. The van der Waals surface area contributed by atoms with E-state index >= 15 is 0 Å². The van der Waals surface area contributed by atoms with Crippen LogP contribution in [0.2, 0.25) is 0 Å². The minimum Gasteiger partial charge on any atom is -0.497 e. The Labute approximate surface area is 198 Å². The highest BCUT2D eigenvalue weighted by molar-refractivity contribution is 5.85. The fourth-order valence-corrected chi connectivity index (χ4v) is 3.79. The van der Waals surface area contributed by atoms with E-state index in [2.05, 4.69) is 15.1 Å². The van der Waals surface area contributed by atoms with Crippen molar-refractivity contribution in [3.63, 3.8) is 0 Å². The topological polar surface area (TPSA) is 103 Å². The molecule has 1 saturated heterocycles. The average molecular weight is 465 g/mol. The Kier molecular flexibility index (Phi) is 7.82. The second-order valence-electron chi connectivity index (χ2n) is 8.10. The van der Waals surface area contributed by atoms with E-state index in [0.717, 1.165) is 16.9 Å². The second kappa shape index (κ2) is 11.4. The van der Waals surface area contributed by atoms with Crippen LogP contribution in [0.15, 0.2) is 61.4 Å². The number of amides is 2. The third-order valence-corrected chi connectivity index (χ3v) is 5.64. The van der Waals surface area contributed by atoms with Crippen molar-refractivity contribution in [2.24, 2.45) is 0 Å². The van der Waals surface area contributed by atoms with Gasteiger partial charge in [0.2, 0.25) is 11.8 Å². The molecule has 0 saturated carbocycles. The molecule has 1 aromatic carbocycles. The van der Waals surface area contributed by atoms with Crippen LogP contribution in [0.3, 0.4) is 0 Å². The molecule has 3 aromatic rings. The van der Waals surface area contributed by atoms with Crippen LogP contribution in [0.5, 0.6) is 5.75 Å². The Morgan fingerprint density at radius 2 is 1.97 bits per heavy atom. The molecular weight excluding hydrogens is 436 g/mol. The summed E-state index contributed by atoms with van der Waals surface area (Å²) in [7, 11) is 1.62. The quantitative estimate of drug-likeness (QED) is 0.473. The van der Waals surface area contributed by atoms with Gasteiger partial charge < -0.3 is 19.3 Å². The molecule has 1 fully saturated rings. The summed E-state index contributed by atoms with van der Waals surface area (Å²) >= 11 is 0. The normalized spacial score (nSPS) is 16.4. The molecule has 34 heavy (non-hydrogen) atoms. The van der Waals surface area contributed by atoms with Crippen LogP contribution in [0, 0.1) is 0 Å². The summed E-state index contributed by atoms with van der Waals surface area (Å²) in [6.07, 6.45) is 6.35. The van der Waals surface area contributed by atoms with Crippen LogP contribution in [0.4, 0.5) is 0 Å². The molecule has 3 heterocycles. The summed E-state index contributed by atoms with van der Waals surface area (Å²) in [6.45, 7) is 1.92. The molecule has 2 amide bonds. The van der Waals surface area contributed by atoms with Gasteiger partial charge in [0, 0.05) is 38.4 Å². The first-order chi connectivity index (χ1) is 16.6. The molecule has 10 heteroatoms. The molecule has 1 aliphatic rings. The second-order valence-corrected chi connectivity index (χ2v) is 8.10. The van der Waals surface area contributed by atoms with E-state index in [1.54, 1.807) is 40.3 Å². The number of carbonyl (C=O) groups is 2. The molecule has 0 radical (unpaired) electrons. The SMILES string of the molecule is COc1ccc(CN2C[C@H](OCc3cccnc3)CN(C(=O)CCn3cncn3)CC2=O)cc1. The largest absolute Gasteiger partial charge is 0.497 e. The van der Waals surface area contributed by atoms with E-state index in [1.165, 1.54) is 6.33 Å². The Morgan fingerprint density at radius 1 is 1.12 bits per heavy atom. The lowest BCUT2D eigenvalue weighted by molar-refractivity contribution is -0.139. The summed E-state index contributed by atoms with van der Waals surface area (Å²) in [5.41, 5.74) is 1.91.